The summed E-state index contributed by atoms with van der Waals surface area (Å²) in [7, 11) is 0. The van der Waals surface area contributed by atoms with Gasteiger partial charge in [-0.1, -0.05) is 25.1 Å². The number of amides is 2. The van der Waals surface area contributed by atoms with E-state index < -0.39 is 34.7 Å². The molecule has 3 aromatic rings. The third-order valence-corrected chi connectivity index (χ3v) is 6.49. The highest BCUT2D eigenvalue weighted by Gasteiger charge is 2.35. The summed E-state index contributed by atoms with van der Waals surface area (Å²) >= 11 is 0. The maximum atomic E-state index is 15.0. The summed E-state index contributed by atoms with van der Waals surface area (Å²) in [5.41, 5.74) is -0.827. The highest BCUT2D eigenvalue weighted by molar-refractivity contribution is 5.95. The minimum absolute atomic E-state index is 0.0420. The summed E-state index contributed by atoms with van der Waals surface area (Å²) in [6, 6.07) is 10.6. The number of hydrogen-bond acceptors (Lipinski definition) is 5. The first kappa shape index (κ1) is 27.1. The molecular formula is C28H33FN4O5. The van der Waals surface area contributed by atoms with E-state index in [9.17, 15) is 23.6 Å². The highest BCUT2D eigenvalue weighted by atomic mass is 19.1. The van der Waals surface area contributed by atoms with Gasteiger partial charge in [-0.25, -0.2) is 14.0 Å². The van der Waals surface area contributed by atoms with E-state index in [-0.39, 0.29) is 18.2 Å². The molecule has 0 saturated carbocycles. The maximum Gasteiger partial charge on any atom is 0.410 e. The van der Waals surface area contributed by atoms with E-state index in [4.69, 9.17) is 4.74 Å². The molecule has 1 atom stereocenters. The zero-order chi connectivity index (χ0) is 27.6. The first-order valence-corrected chi connectivity index (χ1v) is 12.8. The van der Waals surface area contributed by atoms with Gasteiger partial charge in [0.2, 0.25) is 0 Å². The van der Waals surface area contributed by atoms with E-state index in [1.54, 1.807) is 54.8 Å². The molecular weight excluding hydrogens is 491 g/mol. The van der Waals surface area contributed by atoms with Gasteiger partial charge >= 0.3 is 11.8 Å². The fourth-order valence-corrected chi connectivity index (χ4v) is 4.75. The molecule has 1 aliphatic heterocycles. The normalized spacial score (nSPS) is 15.6. The van der Waals surface area contributed by atoms with E-state index in [1.165, 1.54) is 22.8 Å². The number of para-hydroxylation sites is 1. The largest absolute Gasteiger partial charge is 0.444 e. The molecule has 2 amide bonds. The Morgan fingerprint density at radius 1 is 1.16 bits per heavy atom. The van der Waals surface area contributed by atoms with Crippen LogP contribution in [0.2, 0.25) is 0 Å². The lowest BCUT2D eigenvalue weighted by atomic mass is 10.1. The molecule has 1 aliphatic rings. The molecule has 1 fully saturated rings. The van der Waals surface area contributed by atoms with Crippen LogP contribution in [0.4, 0.5) is 9.18 Å². The van der Waals surface area contributed by atoms with Crippen molar-refractivity contribution in [2.24, 2.45) is 0 Å². The maximum absolute atomic E-state index is 15.0. The monoisotopic (exact) mass is 524 g/mol. The number of nitrogens with zero attached hydrogens (tertiary/aromatic N) is 3. The zero-order valence-electron chi connectivity index (χ0n) is 22.1. The second-order valence-corrected chi connectivity index (χ2v) is 10.5. The molecule has 38 heavy (non-hydrogen) atoms. The number of ether oxygens (including phenoxy) is 1. The molecule has 202 valence electrons. The number of benzene rings is 2. The molecule has 0 aliphatic carbocycles. The standard InChI is InChI=1S/C28H33FN4O5/c1-5-13-32(19-12-14-31(17-19)27(37)38-28(2,3)4)25(35)21-15-18(10-11-22(21)29)16-33-23-9-7-6-8-20(23)24(34)30-26(33)36/h6-11,15,19H,5,12-14,16-17H2,1-4H3,(H,30,34,36). The molecule has 1 aromatic heterocycles. The molecule has 9 nitrogen and oxygen atoms in total. The van der Waals surface area contributed by atoms with Gasteiger partial charge in [0, 0.05) is 19.6 Å². The second-order valence-electron chi connectivity index (χ2n) is 10.5. The zero-order valence-corrected chi connectivity index (χ0v) is 22.1. The van der Waals surface area contributed by atoms with Crippen molar-refractivity contribution < 1.29 is 18.7 Å². The topological polar surface area (TPSA) is 105 Å². The average Bonchev–Trinajstić information content (AvgIpc) is 3.35. The fourth-order valence-electron chi connectivity index (χ4n) is 4.75. The van der Waals surface area contributed by atoms with Crippen LogP contribution in [0.1, 0.15) is 56.5 Å². The Labute approximate surface area is 219 Å². The van der Waals surface area contributed by atoms with E-state index in [0.717, 1.165) is 0 Å². The van der Waals surface area contributed by atoms with Gasteiger partial charge in [0.1, 0.15) is 11.4 Å². The number of hydrogen-bond donors (Lipinski definition) is 1. The number of H-pyrrole nitrogens is 1. The Morgan fingerprint density at radius 2 is 1.89 bits per heavy atom. The predicted molar refractivity (Wildman–Crippen MR) is 142 cm³/mol. The number of likely N-dealkylation sites (tertiary alicyclic amines) is 1. The predicted octanol–water partition coefficient (Wildman–Crippen LogP) is 3.74. The van der Waals surface area contributed by atoms with Crippen LogP contribution < -0.4 is 11.2 Å². The fraction of sp³-hybridized carbons (Fsp3) is 0.429. The summed E-state index contributed by atoms with van der Waals surface area (Å²) in [6.07, 6.45) is 0.787. The average molecular weight is 525 g/mol. The van der Waals surface area contributed by atoms with E-state index >= 15 is 0 Å². The molecule has 2 aromatic carbocycles. The molecule has 0 spiro atoms. The molecule has 1 N–H and O–H groups in total. The lowest BCUT2D eigenvalue weighted by molar-refractivity contribution is 0.0275. The Bertz CT molecular complexity index is 1470. The third kappa shape index (κ3) is 5.79. The van der Waals surface area contributed by atoms with Crippen LogP contribution in [-0.2, 0) is 11.3 Å². The van der Waals surface area contributed by atoms with Crippen LogP contribution in [-0.4, -0.2) is 62.6 Å². The van der Waals surface area contributed by atoms with Gasteiger partial charge < -0.3 is 14.5 Å². The van der Waals surface area contributed by atoms with Gasteiger partial charge in [-0.2, -0.15) is 0 Å². The van der Waals surface area contributed by atoms with Crippen LogP contribution in [0, 0.1) is 5.82 Å². The van der Waals surface area contributed by atoms with Gasteiger partial charge in [0.15, 0.2) is 0 Å². The Balaban J connectivity index is 1.60. The van der Waals surface area contributed by atoms with Gasteiger partial charge in [-0.05, 0) is 63.4 Å². The first-order chi connectivity index (χ1) is 18.0. The lowest BCUT2D eigenvalue weighted by Crippen LogP contribution is -2.44. The number of aromatic nitrogens is 2. The Morgan fingerprint density at radius 3 is 2.61 bits per heavy atom. The van der Waals surface area contributed by atoms with E-state index in [1.807, 2.05) is 6.92 Å². The van der Waals surface area contributed by atoms with Crippen molar-refractivity contribution in [3.8, 4) is 0 Å². The smallest absolute Gasteiger partial charge is 0.410 e. The molecule has 0 bridgehead atoms. The number of carbonyl (C=O) groups is 2. The SMILES string of the molecule is CCCN(C(=O)c1cc(Cn2c(=O)[nH]c(=O)c3ccccc32)ccc1F)C1CCN(C(=O)OC(C)(C)C)C1. The second kappa shape index (κ2) is 10.8. The first-order valence-electron chi connectivity index (χ1n) is 12.8. The van der Waals surface area contributed by atoms with Gasteiger partial charge in [0.25, 0.3) is 11.5 Å². The number of aromatic amines is 1. The minimum atomic E-state index is -0.666. The van der Waals surface area contributed by atoms with Crippen molar-refractivity contribution in [1.82, 2.24) is 19.4 Å². The van der Waals surface area contributed by atoms with Crippen LogP contribution in [0.15, 0.2) is 52.1 Å². The van der Waals surface area contributed by atoms with Crippen molar-refractivity contribution in [2.75, 3.05) is 19.6 Å². The number of fused-ring (bicyclic) bond motifs is 1. The van der Waals surface area contributed by atoms with Crippen molar-refractivity contribution in [2.45, 2.75) is 58.7 Å². The van der Waals surface area contributed by atoms with Crippen LogP contribution in [0.3, 0.4) is 0 Å². The molecule has 10 heteroatoms. The Kier molecular flexibility index (Phi) is 7.71. The van der Waals surface area contributed by atoms with Crippen molar-refractivity contribution in [3.05, 3.63) is 80.2 Å². The highest BCUT2D eigenvalue weighted by Crippen LogP contribution is 2.23. The molecule has 2 heterocycles. The van der Waals surface area contributed by atoms with Gasteiger partial charge in [0.05, 0.1) is 29.1 Å². The number of rotatable bonds is 6. The van der Waals surface area contributed by atoms with E-state index in [2.05, 4.69) is 4.98 Å². The lowest BCUT2D eigenvalue weighted by Gasteiger charge is -2.30. The van der Waals surface area contributed by atoms with E-state index in [0.29, 0.717) is 48.9 Å². The quantitative estimate of drug-likeness (QED) is 0.529. The van der Waals surface area contributed by atoms with Crippen LogP contribution >= 0.6 is 0 Å². The summed E-state index contributed by atoms with van der Waals surface area (Å²) in [6.45, 7) is 8.51. The summed E-state index contributed by atoms with van der Waals surface area (Å²) in [5.74, 6) is -1.14. The number of nitrogens with one attached hydrogen (secondary N) is 1. The number of carbonyl (C=O) groups excluding carboxylic acids is 2. The van der Waals surface area contributed by atoms with Crippen molar-refractivity contribution in [3.63, 3.8) is 0 Å². The Hall–Kier alpha value is -3.95. The van der Waals surface area contributed by atoms with Crippen molar-refractivity contribution in [1.29, 1.82) is 0 Å². The molecule has 1 unspecified atom stereocenters. The number of halogens is 1. The van der Waals surface area contributed by atoms with Gasteiger partial charge in [-0.15, -0.1) is 0 Å². The van der Waals surface area contributed by atoms with Crippen LogP contribution in [0.25, 0.3) is 10.9 Å². The minimum Gasteiger partial charge on any atom is -0.444 e. The summed E-state index contributed by atoms with van der Waals surface area (Å²) < 4.78 is 21.8. The van der Waals surface area contributed by atoms with Crippen molar-refractivity contribution >= 4 is 22.9 Å². The molecule has 0 radical (unpaired) electrons. The van der Waals surface area contributed by atoms with Crippen LogP contribution in [0.5, 0.6) is 0 Å². The molecule has 1 saturated heterocycles. The summed E-state index contributed by atoms with van der Waals surface area (Å²) in [4.78, 5) is 56.4. The van der Waals surface area contributed by atoms with Gasteiger partial charge in [-0.3, -0.25) is 19.1 Å². The molecule has 4 rings (SSSR count). The third-order valence-electron chi connectivity index (χ3n) is 6.49. The summed E-state index contributed by atoms with van der Waals surface area (Å²) in [5, 5.41) is 0.357.